The van der Waals surface area contributed by atoms with Crippen molar-refractivity contribution in [1.29, 1.82) is 0 Å². The number of halogens is 2. The van der Waals surface area contributed by atoms with Gasteiger partial charge in [0, 0.05) is 5.56 Å². The lowest BCUT2D eigenvalue weighted by Gasteiger charge is -2.16. The van der Waals surface area contributed by atoms with Crippen LogP contribution in [0.25, 0.3) is 0 Å². The zero-order valence-corrected chi connectivity index (χ0v) is 13.7. The summed E-state index contributed by atoms with van der Waals surface area (Å²) >= 11 is 3.56. The molecular weight excluding hydrogens is 335 g/mol. The maximum absolute atomic E-state index is 13.9. The van der Waals surface area contributed by atoms with E-state index in [0.717, 1.165) is 5.56 Å². The molecule has 0 fully saturated rings. The van der Waals surface area contributed by atoms with Gasteiger partial charge < -0.3 is 9.47 Å². The van der Waals surface area contributed by atoms with Gasteiger partial charge in [-0.3, -0.25) is 0 Å². The first-order valence-corrected chi connectivity index (χ1v) is 7.87. The van der Waals surface area contributed by atoms with Gasteiger partial charge in [0.05, 0.1) is 18.0 Å². The van der Waals surface area contributed by atoms with Gasteiger partial charge in [-0.15, -0.1) is 0 Å². The molecule has 0 amide bonds. The third-order valence-corrected chi connectivity index (χ3v) is 4.06. The van der Waals surface area contributed by atoms with Crippen LogP contribution >= 0.6 is 15.9 Å². The topological polar surface area (TPSA) is 18.5 Å². The molecule has 0 N–H and O–H groups in total. The van der Waals surface area contributed by atoms with Crippen LogP contribution in [0, 0.1) is 5.82 Å². The van der Waals surface area contributed by atoms with E-state index >= 15 is 0 Å². The summed E-state index contributed by atoms with van der Waals surface area (Å²) in [5.41, 5.74) is 1.52. The lowest BCUT2D eigenvalue weighted by Crippen LogP contribution is -2.01. The molecular formula is C17H18BrFO2. The van der Waals surface area contributed by atoms with Crippen LogP contribution in [0.3, 0.4) is 0 Å². The largest absolute Gasteiger partial charge is 0.490 e. The molecule has 2 rings (SSSR count). The van der Waals surface area contributed by atoms with Crippen molar-refractivity contribution in [3.63, 3.8) is 0 Å². The fourth-order valence-corrected chi connectivity index (χ4v) is 2.74. The number of alkyl halides is 1. The monoisotopic (exact) mass is 352 g/mol. The number of ether oxygens (including phenoxy) is 2. The van der Waals surface area contributed by atoms with E-state index in [2.05, 4.69) is 15.9 Å². The highest BCUT2D eigenvalue weighted by atomic mass is 79.9. The van der Waals surface area contributed by atoms with Gasteiger partial charge >= 0.3 is 0 Å². The van der Waals surface area contributed by atoms with Crippen LogP contribution in [0.1, 0.15) is 29.8 Å². The van der Waals surface area contributed by atoms with Crippen LogP contribution in [0.4, 0.5) is 4.39 Å². The summed E-state index contributed by atoms with van der Waals surface area (Å²) in [6.07, 6.45) is 0. The quantitative estimate of drug-likeness (QED) is 0.672. The van der Waals surface area contributed by atoms with E-state index in [0.29, 0.717) is 30.3 Å². The predicted octanol–water partition coefficient (Wildman–Crippen LogP) is 5.11. The lowest BCUT2D eigenvalue weighted by molar-refractivity contribution is 0.287. The van der Waals surface area contributed by atoms with Crippen LogP contribution in [-0.4, -0.2) is 13.2 Å². The highest BCUT2D eigenvalue weighted by molar-refractivity contribution is 9.09. The second-order valence-corrected chi connectivity index (χ2v) is 5.37. The zero-order valence-electron chi connectivity index (χ0n) is 12.1. The summed E-state index contributed by atoms with van der Waals surface area (Å²) in [6.45, 7) is 4.97. The summed E-state index contributed by atoms with van der Waals surface area (Å²) in [6, 6.07) is 12.4. The van der Waals surface area contributed by atoms with E-state index < -0.39 is 0 Å². The van der Waals surface area contributed by atoms with Gasteiger partial charge in [-0.1, -0.05) is 40.2 Å². The molecule has 0 aromatic heterocycles. The molecule has 0 spiro atoms. The molecule has 4 heteroatoms. The lowest BCUT2D eigenvalue weighted by atomic mass is 10.0. The van der Waals surface area contributed by atoms with Crippen molar-refractivity contribution < 1.29 is 13.9 Å². The molecule has 1 atom stereocenters. The van der Waals surface area contributed by atoms with Crippen LogP contribution in [0.2, 0.25) is 0 Å². The molecule has 2 aromatic rings. The molecule has 2 nitrogen and oxygen atoms in total. The molecule has 0 saturated carbocycles. The van der Waals surface area contributed by atoms with E-state index in [1.807, 2.05) is 38.1 Å². The maximum atomic E-state index is 13.9. The molecule has 0 aliphatic heterocycles. The summed E-state index contributed by atoms with van der Waals surface area (Å²) in [7, 11) is 0. The minimum absolute atomic E-state index is 0.228. The van der Waals surface area contributed by atoms with Gasteiger partial charge in [0.1, 0.15) is 5.82 Å². The van der Waals surface area contributed by atoms with Crippen molar-refractivity contribution in [2.45, 2.75) is 18.7 Å². The van der Waals surface area contributed by atoms with E-state index in [9.17, 15) is 4.39 Å². The van der Waals surface area contributed by atoms with Gasteiger partial charge in [0.15, 0.2) is 11.5 Å². The van der Waals surface area contributed by atoms with E-state index in [1.165, 1.54) is 6.07 Å². The van der Waals surface area contributed by atoms with Gasteiger partial charge in [0.25, 0.3) is 0 Å². The Bertz CT molecular complexity index is 601. The fraction of sp³-hybridized carbons (Fsp3) is 0.294. The van der Waals surface area contributed by atoms with E-state index in [-0.39, 0.29) is 10.6 Å². The summed E-state index contributed by atoms with van der Waals surface area (Å²) in [5, 5.41) is 0. The molecule has 112 valence electrons. The number of rotatable bonds is 6. The van der Waals surface area contributed by atoms with Crippen molar-refractivity contribution in [2.24, 2.45) is 0 Å². The van der Waals surface area contributed by atoms with Gasteiger partial charge in [-0.05, 0) is 37.6 Å². The Morgan fingerprint density at radius 2 is 1.67 bits per heavy atom. The Labute approximate surface area is 133 Å². The maximum Gasteiger partial charge on any atom is 0.161 e. The molecule has 2 aromatic carbocycles. The number of benzene rings is 2. The molecule has 1 unspecified atom stereocenters. The Kier molecular flexibility index (Phi) is 5.62. The summed E-state index contributed by atoms with van der Waals surface area (Å²) < 4.78 is 25.0. The van der Waals surface area contributed by atoms with Crippen molar-refractivity contribution >= 4 is 15.9 Å². The van der Waals surface area contributed by atoms with E-state index in [1.54, 1.807) is 12.1 Å². The second-order valence-electron chi connectivity index (χ2n) is 4.46. The zero-order chi connectivity index (χ0) is 15.2. The smallest absolute Gasteiger partial charge is 0.161 e. The highest BCUT2D eigenvalue weighted by Gasteiger charge is 2.16. The van der Waals surface area contributed by atoms with Crippen LogP contribution in [0.5, 0.6) is 11.5 Å². The Hall–Kier alpha value is -1.55. The minimum Gasteiger partial charge on any atom is -0.490 e. The standard InChI is InChI=1S/C17H18BrFO2/c1-3-20-15-10-9-12(11-16(15)21-4-2)17(18)13-7-5-6-8-14(13)19/h5-11,17H,3-4H2,1-2H3. The third kappa shape index (κ3) is 3.76. The Morgan fingerprint density at radius 1 is 1.00 bits per heavy atom. The van der Waals surface area contributed by atoms with Crippen LogP contribution < -0.4 is 9.47 Å². The second kappa shape index (κ2) is 7.46. The minimum atomic E-state index is -0.230. The first-order valence-electron chi connectivity index (χ1n) is 6.95. The molecule has 0 radical (unpaired) electrons. The highest BCUT2D eigenvalue weighted by Crippen LogP contribution is 2.37. The summed E-state index contributed by atoms with van der Waals surface area (Å²) in [5.74, 6) is 1.15. The van der Waals surface area contributed by atoms with Crippen LogP contribution in [0.15, 0.2) is 42.5 Å². The van der Waals surface area contributed by atoms with Crippen LogP contribution in [-0.2, 0) is 0 Å². The van der Waals surface area contributed by atoms with Crippen molar-refractivity contribution in [2.75, 3.05) is 13.2 Å². The molecule has 0 heterocycles. The van der Waals surface area contributed by atoms with Crippen molar-refractivity contribution in [1.82, 2.24) is 0 Å². The molecule has 0 bridgehead atoms. The Morgan fingerprint density at radius 3 is 2.33 bits per heavy atom. The molecule has 0 aliphatic rings. The van der Waals surface area contributed by atoms with Gasteiger partial charge in [0.2, 0.25) is 0 Å². The normalized spacial score (nSPS) is 12.0. The third-order valence-electron chi connectivity index (χ3n) is 3.04. The first-order chi connectivity index (χ1) is 10.2. The Balaban J connectivity index is 2.35. The number of hydrogen-bond acceptors (Lipinski definition) is 2. The molecule has 21 heavy (non-hydrogen) atoms. The fourth-order valence-electron chi connectivity index (χ4n) is 2.09. The van der Waals surface area contributed by atoms with Gasteiger partial charge in [-0.25, -0.2) is 4.39 Å². The first kappa shape index (κ1) is 15.8. The van der Waals surface area contributed by atoms with Crippen molar-refractivity contribution in [3.05, 3.63) is 59.4 Å². The summed E-state index contributed by atoms with van der Waals surface area (Å²) in [4.78, 5) is -0.228. The van der Waals surface area contributed by atoms with Crippen molar-refractivity contribution in [3.8, 4) is 11.5 Å². The number of hydrogen-bond donors (Lipinski definition) is 0. The average molecular weight is 353 g/mol. The average Bonchev–Trinajstić information content (AvgIpc) is 2.49. The molecule has 0 aliphatic carbocycles. The SMILES string of the molecule is CCOc1ccc(C(Br)c2ccccc2F)cc1OCC. The molecule has 0 saturated heterocycles. The van der Waals surface area contributed by atoms with Gasteiger partial charge in [-0.2, -0.15) is 0 Å². The predicted molar refractivity (Wildman–Crippen MR) is 86.0 cm³/mol. The van der Waals surface area contributed by atoms with E-state index in [4.69, 9.17) is 9.47 Å².